The molecule has 1 fully saturated rings. The number of anilines is 3. The predicted octanol–water partition coefficient (Wildman–Crippen LogP) is 4.69. The molecular formula is C24H34N6OS. The van der Waals surface area contributed by atoms with E-state index >= 15 is 0 Å². The van der Waals surface area contributed by atoms with Crippen LogP contribution in [0.3, 0.4) is 0 Å². The van der Waals surface area contributed by atoms with Crippen LogP contribution >= 0.6 is 11.8 Å². The molecule has 0 aliphatic heterocycles. The van der Waals surface area contributed by atoms with Crippen molar-refractivity contribution in [2.45, 2.75) is 68.3 Å². The van der Waals surface area contributed by atoms with E-state index in [1.54, 1.807) is 11.8 Å². The van der Waals surface area contributed by atoms with Crippen LogP contribution in [0.5, 0.6) is 0 Å². The van der Waals surface area contributed by atoms with Gasteiger partial charge in [0.2, 0.25) is 5.95 Å². The van der Waals surface area contributed by atoms with E-state index < -0.39 is 0 Å². The number of thioether (sulfide) groups is 1. The van der Waals surface area contributed by atoms with E-state index in [9.17, 15) is 4.79 Å². The maximum atomic E-state index is 12.4. The molecule has 2 aliphatic carbocycles. The summed E-state index contributed by atoms with van der Waals surface area (Å²) in [6.07, 6.45) is 10.4. The molecule has 2 aliphatic rings. The van der Waals surface area contributed by atoms with Gasteiger partial charge in [0.15, 0.2) is 0 Å². The van der Waals surface area contributed by atoms with Crippen LogP contribution in [0.25, 0.3) is 0 Å². The van der Waals surface area contributed by atoms with Crippen LogP contribution in [0.15, 0.2) is 29.2 Å². The molecule has 0 unspecified atom stereocenters. The minimum Gasteiger partial charge on any atom is -0.362 e. The van der Waals surface area contributed by atoms with Crippen molar-refractivity contribution >= 4 is 35.2 Å². The van der Waals surface area contributed by atoms with Gasteiger partial charge in [0, 0.05) is 42.3 Å². The number of hydrogen-bond donors (Lipinski definition) is 3. The van der Waals surface area contributed by atoms with Crippen molar-refractivity contribution in [1.82, 2.24) is 15.3 Å². The van der Waals surface area contributed by atoms with E-state index in [0.29, 0.717) is 6.04 Å². The second-order valence-corrected chi connectivity index (χ2v) is 9.80. The number of nitrogens with zero attached hydrogens (tertiary/aromatic N) is 3. The number of carbonyl (C=O) groups excluding carboxylic acids is 1. The number of aromatic nitrogens is 2. The van der Waals surface area contributed by atoms with Gasteiger partial charge in [0.1, 0.15) is 5.82 Å². The van der Waals surface area contributed by atoms with Gasteiger partial charge in [-0.05, 0) is 75.8 Å². The number of fused-ring (bicyclic) bond motifs is 1. The van der Waals surface area contributed by atoms with E-state index in [2.05, 4.69) is 34.9 Å². The maximum absolute atomic E-state index is 12.4. The summed E-state index contributed by atoms with van der Waals surface area (Å²) in [6.45, 7) is 0. The highest BCUT2D eigenvalue weighted by atomic mass is 32.2. The van der Waals surface area contributed by atoms with Gasteiger partial charge in [-0.25, -0.2) is 9.78 Å². The first-order chi connectivity index (χ1) is 15.5. The summed E-state index contributed by atoms with van der Waals surface area (Å²) in [5.74, 6) is 1.80. The highest BCUT2D eigenvalue weighted by molar-refractivity contribution is 7.98. The van der Waals surface area contributed by atoms with Crippen molar-refractivity contribution in [3.05, 3.63) is 35.5 Å². The Hall–Kier alpha value is -2.48. The quantitative estimate of drug-likeness (QED) is 0.550. The zero-order valence-electron chi connectivity index (χ0n) is 19.3. The molecule has 0 atom stereocenters. The molecule has 0 spiro atoms. The summed E-state index contributed by atoms with van der Waals surface area (Å²) in [7, 11) is 4.11. The molecule has 1 aromatic carbocycles. The average molecular weight is 455 g/mol. The molecule has 3 N–H and O–H groups in total. The third kappa shape index (κ3) is 5.65. The third-order valence-corrected chi connectivity index (χ3v) is 7.03. The minimum atomic E-state index is -0.131. The van der Waals surface area contributed by atoms with Gasteiger partial charge in [-0.3, -0.25) is 0 Å². The molecule has 1 saturated carbocycles. The lowest BCUT2D eigenvalue weighted by Gasteiger charge is -2.30. The third-order valence-electron chi connectivity index (χ3n) is 6.31. The zero-order chi connectivity index (χ0) is 22.5. The Labute approximate surface area is 195 Å². The van der Waals surface area contributed by atoms with Crippen molar-refractivity contribution in [3.8, 4) is 0 Å². The monoisotopic (exact) mass is 454 g/mol. The zero-order valence-corrected chi connectivity index (χ0v) is 20.1. The van der Waals surface area contributed by atoms with E-state index in [1.807, 2.05) is 30.5 Å². The molecule has 0 bridgehead atoms. The van der Waals surface area contributed by atoms with Crippen molar-refractivity contribution < 1.29 is 4.79 Å². The first-order valence-electron chi connectivity index (χ1n) is 11.6. The predicted molar refractivity (Wildman–Crippen MR) is 133 cm³/mol. The number of carbonyl (C=O) groups is 1. The highest BCUT2D eigenvalue weighted by Crippen LogP contribution is 2.29. The molecule has 172 valence electrons. The normalized spacial score (nSPS) is 20.2. The summed E-state index contributed by atoms with van der Waals surface area (Å²) < 4.78 is 0. The summed E-state index contributed by atoms with van der Waals surface area (Å²) in [4.78, 5) is 25.3. The fraction of sp³-hybridized carbons (Fsp3) is 0.542. The first-order valence-corrected chi connectivity index (χ1v) is 12.8. The minimum absolute atomic E-state index is 0.131. The van der Waals surface area contributed by atoms with E-state index in [0.717, 1.165) is 60.9 Å². The van der Waals surface area contributed by atoms with Gasteiger partial charge < -0.3 is 20.9 Å². The molecular weight excluding hydrogens is 420 g/mol. The molecule has 1 heterocycles. The molecule has 7 nitrogen and oxygen atoms in total. The number of hydrogen-bond acceptors (Lipinski definition) is 6. The van der Waals surface area contributed by atoms with Gasteiger partial charge in [-0.1, -0.05) is 6.07 Å². The molecule has 1 aromatic heterocycles. The summed E-state index contributed by atoms with van der Waals surface area (Å²) in [5.41, 5.74) is 3.34. The van der Waals surface area contributed by atoms with Crippen LogP contribution in [-0.2, 0) is 12.8 Å². The Morgan fingerprint density at radius 3 is 2.56 bits per heavy atom. The van der Waals surface area contributed by atoms with Crippen LogP contribution in [-0.4, -0.2) is 48.4 Å². The van der Waals surface area contributed by atoms with E-state index in [4.69, 9.17) is 9.97 Å². The summed E-state index contributed by atoms with van der Waals surface area (Å²) >= 11 is 1.66. The lowest BCUT2D eigenvalue weighted by atomic mass is 9.91. The average Bonchev–Trinajstić information content (AvgIpc) is 2.80. The molecule has 2 aromatic rings. The summed E-state index contributed by atoms with van der Waals surface area (Å²) in [6, 6.07) is 8.31. The standard InChI is InChI=1S/C24H34N6OS/c1-30(2)22-20-9-4-5-10-21(20)28-23(29-22)25-16-11-13-17(14-12-16)26-24(31)27-18-7-6-8-19(15-18)32-3/h6-8,15-17H,4-5,9-14H2,1-3H3,(H,25,28,29)(H2,26,27,31)/t16-,17+. The number of urea groups is 1. The smallest absolute Gasteiger partial charge is 0.319 e. The van der Waals surface area contributed by atoms with Crippen molar-refractivity contribution in [2.75, 3.05) is 35.9 Å². The molecule has 8 heteroatoms. The Kier molecular flexibility index (Phi) is 7.40. The topological polar surface area (TPSA) is 82.2 Å². The fourth-order valence-electron chi connectivity index (χ4n) is 4.63. The number of amides is 2. The van der Waals surface area contributed by atoms with Crippen molar-refractivity contribution in [1.29, 1.82) is 0 Å². The van der Waals surface area contributed by atoms with Crippen LogP contribution in [0, 0.1) is 0 Å². The first kappa shape index (κ1) is 22.7. The second kappa shape index (κ2) is 10.4. The fourth-order valence-corrected chi connectivity index (χ4v) is 5.09. The SMILES string of the molecule is CSc1cccc(NC(=O)N[C@H]2CC[C@@H](Nc3nc4c(c(N(C)C)n3)CCCC4)CC2)c1. The Morgan fingerprint density at radius 2 is 1.81 bits per heavy atom. The Morgan fingerprint density at radius 1 is 1.06 bits per heavy atom. The lowest BCUT2D eigenvalue weighted by molar-refractivity contribution is 0.243. The van der Waals surface area contributed by atoms with E-state index in [1.165, 1.54) is 24.1 Å². The van der Waals surface area contributed by atoms with E-state index in [-0.39, 0.29) is 12.1 Å². The Balaban J connectivity index is 1.29. The van der Waals surface area contributed by atoms with Crippen LogP contribution in [0.1, 0.15) is 49.8 Å². The van der Waals surface area contributed by atoms with Crippen LogP contribution in [0.2, 0.25) is 0 Å². The molecule has 2 amide bonds. The molecule has 0 saturated heterocycles. The Bertz CT molecular complexity index is 942. The lowest BCUT2D eigenvalue weighted by Crippen LogP contribution is -2.42. The second-order valence-electron chi connectivity index (χ2n) is 8.92. The van der Waals surface area contributed by atoms with Crippen LogP contribution < -0.4 is 20.9 Å². The number of aryl methyl sites for hydroxylation is 1. The van der Waals surface area contributed by atoms with Gasteiger partial charge in [-0.15, -0.1) is 11.8 Å². The highest BCUT2D eigenvalue weighted by Gasteiger charge is 2.25. The van der Waals surface area contributed by atoms with Gasteiger partial charge >= 0.3 is 6.03 Å². The molecule has 32 heavy (non-hydrogen) atoms. The molecule has 4 rings (SSSR count). The molecule has 0 radical (unpaired) electrons. The largest absolute Gasteiger partial charge is 0.362 e. The van der Waals surface area contributed by atoms with Gasteiger partial charge in [0.25, 0.3) is 0 Å². The van der Waals surface area contributed by atoms with Gasteiger partial charge in [-0.2, -0.15) is 4.98 Å². The number of rotatable bonds is 6. The maximum Gasteiger partial charge on any atom is 0.319 e. The summed E-state index contributed by atoms with van der Waals surface area (Å²) in [5, 5.41) is 9.66. The van der Waals surface area contributed by atoms with Crippen LogP contribution in [0.4, 0.5) is 22.2 Å². The number of nitrogens with one attached hydrogen (secondary N) is 3. The van der Waals surface area contributed by atoms with Gasteiger partial charge in [0.05, 0.1) is 5.69 Å². The van der Waals surface area contributed by atoms with Crippen molar-refractivity contribution in [2.24, 2.45) is 0 Å². The van der Waals surface area contributed by atoms with Crippen molar-refractivity contribution in [3.63, 3.8) is 0 Å². The number of benzene rings is 1.